The molecule has 2 atom stereocenters. The van der Waals surface area contributed by atoms with Crippen LogP contribution in [0.1, 0.15) is 30.1 Å². The van der Waals surface area contributed by atoms with Crippen LogP contribution in [0.2, 0.25) is 0 Å². The Morgan fingerprint density at radius 3 is 2.81 bits per heavy atom. The van der Waals surface area contributed by atoms with Gasteiger partial charge in [-0.2, -0.15) is 0 Å². The number of benzene rings is 1. The Morgan fingerprint density at radius 1 is 1.41 bits per heavy atom. The normalized spacial score (nSPS) is 18.2. The molecular formula is C18H21N3O6. The maximum atomic E-state index is 12.5. The van der Waals surface area contributed by atoms with Gasteiger partial charge in [-0.25, -0.2) is 9.59 Å². The maximum absolute atomic E-state index is 12.5. The van der Waals surface area contributed by atoms with E-state index < -0.39 is 29.2 Å². The smallest absolute Gasteiger partial charge is 0.328 e. The molecule has 2 heterocycles. The first-order valence-electron chi connectivity index (χ1n) is 8.80. The molecule has 144 valence electrons. The van der Waals surface area contributed by atoms with Crippen LogP contribution < -0.4 is 16.6 Å². The van der Waals surface area contributed by atoms with Gasteiger partial charge in [0.1, 0.15) is 6.04 Å². The summed E-state index contributed by atoms with van der Waals surface area (Å²) in [4.78, 5) is 50.9. The number of H-pyrrole nitrogens is 1. The van der Waals surface area contributed by atoms with Gasteiger partial charge in [0.25, 0.3) is 11.5 Å². The molecule has 2 aromatic rings. The van der Waals surface area contributed by atoms with Gasteiger partial charge in [0.15, 0.2) is 0 Å². The Morgan fingerprint density at radius 2 is 2.19 bits per heavy atom. The van der Waals surface area contributed by atoms with Crippen LogP contribution in [-0.2, 0) is 16.1 Å². The Labute approximate surface area is 154 Å². The Balaban J connectivity index is 1.89. The number of nitrogens with zero attached hydrogens (tertiary/aromatic N) is 1. The molecule has 1 saturated heterocycles. The van der Waals surface area contributed by atoms with Crippen LogP contribution in [0, 0.1) is 5.92 Å². The zero-order valence-corrected chi connectivity index (χ0v) is 14.9. The number of fused-ring (bicyclic) bond motifs is 1. The molecule has 0 saturated carbocycles. The van der Waals surface area contributed by atoms with Gasteiger partial charge < -0.3 is 20.1 Å². The van der Waals surface area contributed by atoms with E-state index in [1.807, 2.05) is 0 Å². The summed E-state index contributed by atoms with van der Waals surface area (Å²) >= 11 is 0. The highest BCUT2D eigenvalue weighted by Crippen LogP contribution is 2.18. The zero-order valence-electron chi connectivity index (χ0n) is 14.9. The number of carboxylic acid groups (broad SMARTS) is 1. The highest BCUT2D eigenvalue weighted by molar-refractivity contribution is 5.99. The van der Waals surface area contributed by atoms with Crippen LogP contribution in [0.15, 0.2) is 27.8 Å². The number of carbonyl (C=O) groups excluding carboxylic acids is 1. The molecule has 1 fully saturated rings. The summed E-state index contributed by atoms with van der Waals surface area (Å²) in [6.45, 7) is 2.78. The lowest BCUT2D eigenvalue weighted by molar-refractivity contribution is -0.142. The van der Waals surface area contributed by atoms with E-state index in [4.69, 9.17) is 4.74 Å². The molecule has 0 aliphatic carbocycles. The van der Waals surface area contributed by atoms with Gasteiger partial charge in [-0.15, -0.1) is 0 Å². The highest BCUT2D eigenvalue weighted by Gasteiger charge is 2.31. The van der Waals surface area contributed by atoms with Crippen LogP contribution in [0.25, 0.3) is 10.9 Å². The van der Waals surface area contributed by atoms with Crippen LogP contribution in [0.3, 0.4) is 0 Å². The summed E-state index contributed by atoms with van der Waals surface area (Å²) in [5.41, 5.74) is -0.605. The lowest BCUT2D eigenvalue weighted by atomic mass is 9.93. The van der Waals surface area contributed by atoms with E-state index in [1.165, 1.54) is 18.2 Å². The predicted molar refractivity (Wildman–Crippen MR) is 96.9 cm³/mol. The van der Waals surface area contributed by atoms with Crippen LogP contribution >= 0.6 is 0 Å². The van der Waals surface area contributed by atoms with Crippen molar-refractivity contribution < 1.29 is 19.4 Å². The molecule has 1 aliphatic rings. The first kappa shape index (κ1) is 18.8. The molecule has 9 nitrogen and oxygen atoms in total. The van der Waals surface area contributed by atoms with Gasteiger partial charge in [0.05, 0.1) is 17.5 Å². The number of hydrogen-bond donors (Lipinski definition) is 3. The molecular weight excluding hydrogens is 354 g/mol. The number of carboxylic acids is 1. The van der Waals surface area contributed by atoms with E-state index in [2.05, 4.69) is 10.3 Å². The van der Waals surface area contributed by atoms with Crippen molar-refractivity contribution in [2.24, 2.45) is 5.92 Å². The van der Waals surface area contributed by atoms with Crippen LogP contribution in [0.5, 0.6) is 0 Å². The lowest BCUT2D eigenvalue weighted by Crippen LogP contribution is -2.48. The van der Waals surface area contributed by atoms with Crippen molar-refractivity contribution >= 4 is 22.8 Å². The number of hydrogen-bond acceptors (Lipinski definition) is 5. The summed E-state index contributed by atoms with van der Waals surface area (Å²) in [5.74, 6) is -2.02. The molecule has 1 aromatic carbocycles. The summed E-state index contributed by atoms with van der Waals surface area (Å²) in [5, 5.41) is 12.3. The Bertz CT molecular complexity index is 987. The number of aliphatic carboxylic acids is 1. The van der Waals surface area contributed by atoms with E-state index in [-0.39, 0.29) is 35.5 Å². The van der Waals surface area contributed by atoms with Crippen LogP contribution in [0.4, 0.5) is 0 Å². The quantitative estimate of drug-likeness (QED) is 0.690. The standard InChI is InChI=1S/C18H21N3O6/c1-2-21-16(23)12-6-5-10(8-13(12)19-18(21)26)15(22)20-14(17(24)25)11-4-3-7-27-9-11/h5-6,8,11,14H,2-4,7,9H2,1H3,(H,19,26)(H,20,22)(H,24,25)/t11-,14+/m1/s1. The average molecular weight is 375 g/mol. The van der Waals surface area contributed by atoms with Crippen molar-refractivity contribution in [2.45, 2.75) is 32.4 Å². The Hall–Kier alpha value is -2.94. The second-order valence-electron chi connectivity index (χ2n) is 6.51. The van der Waals surface area contributed by atoms with E-state index >= 15 is 0 Å². The van der Waals surface area contributed by atoms with Crippen molar-refractivity contribution in [2.75, 3.05) is 13.2 Å². The fourth-order valence-corrected chi connectivity index (χ4v) is 3.32. The number of rotatable bonds is 5. The fraction of sp³-hybridized carbons (Fsp3) is 0.444. The molecule has 0 radical (unpaired) electrons. The molecule has 3 rings (SSSR count). The van der Waals surface area contributed by atoms with E-state index in [0.717, 1.165) is 11.0 Å². The van der Waals surface area contributed by atoms with Crippen molar-refractivity contribution in [1.29, 1.82) is 0 Å². The molecule has 27 heavy (non-hydrogen) atoms. The van der Waals surface area contributed by atoms with Crippen molar-refractivity contribution in [3.05, 3.63) is 44.6 Å². The molecule has 9 heteroatoms. The number of aromatic nitrogens is 2. The summed E-state index contributed by atoms with van der Waals surface area (Å²) in [6.07, 6.45) is 1.39. The average Bonchev–Trinajstić information content (AvgIpc) is 2.66. The molecule has 0 spiro atoms. The lowest BCUT2D eigenvalue weighted by Gasteiger charge is -2.28. The molecule has 0 bridgehead atoms. The third-order valence-electron chi connectivity index (χ3n) is 4.78. The van der Waals surface area contributed by atoms with E-state index in [0.29, 0.717) is 13.0 Å². The maximum Gasteiger partial charge on any atom is 0.328 e. The minimum absolute atomic E-state index is 0.162. The zero-order chi connectivity index (χ0) is 19.6. The van der Waals surface area contributed by atoms with E-state index in [1.54, 1.807) is 6.92 Å². The first-order valence-corrected chi connectivity index (χ1v) is 8.80. The predicted octanol–water partition coefficient (Wildman–Crippen LogP) is 0.319. The Kier molecular flexibility index (Phi) is 5.41. The molecule has 0 unspecified atom stereocenters. The first-order chi connectivity index (χ1) is 12.9. The largest absolute Gasteiger partial charge is 0.480 e. The SMILES string of the molecule is CCn1c(=O)[nH]c2cc(C(=O)N[C@H](C(=O)O)[C@@H]3CCCOC3)ccc2c1=O. The van der Waals surface area contributed by atoms with Crippen molar-refractivity contribution in [3.8, 4) is 0 Å². The second-order valence-corrected chi connectivity index (χ2v) is 6.51. The van der Waals surface area contributed by atoms with Gasteiger partial charge in [0.2, 0.25) is 0 Å². The number of amides is 1. The molecule has 1 aliphatic heterocycles. The minimum atomic E-state index is -1.13. The van der Waals surface area contributed by atoms with Crippen molar-refractivity contribution in [1.82, 2.24) is 14.9 Å². The summed E-state index contributed by atoms with van der Waals surface area (Å²) in [7, 11) is 0. The third kappa shape index (κ3) is 3.77. The molecule has 1 aromatic heterocycles. The van der Waals surface area contributed by atoms with Gasteiger partial charge >= 0.3 is 11.7 Å². The number of nitrogens with one attached hydrogen (secondary N) is 2. The molecule has 3 N–H and O–H groups in total. The van der Waals surface area contributed by atoms with Crippen LogP contribution in [-0.4, -0.2) is 45.8 Å². The van der Waals surface area contributed by atoms with Gasteiger partial charge in [-0.3, -0.25) is 14.2 Å². The van der Waals surface area contributed by atoms with Gasteiger partial charge in [-0.05, 0) is 38.0 Å². The monoisotopic (exact) mass is 375 g/mol. The number of aromatic amines is 1. The van der Waals surface area contributed by atoms with Gasteiger partial charge in [0, 0.05) is 24.6 Å². The van der Waals surface area contributed by atoms with Gasteiger partial charge in [-0.1, -0.05) is 0 Å². The van der Waals surface area contributed by atoms with Crippen molar-refractivity contribution in [3.63, 3.8) is 0 Å². The fourth-order valence-electron chi connectivity index (χ4n) is 3.32. The number of ether oxygens (including phenoxy) is 1. The number of carbonyl (C=O) groups is 2. The third-order valence-corrected chi connectivity index (χ3v) is 4.78. The van der Waals surface area contributed by atoms with E-state index in [9.17, 15) is 24.3 Å². The second kappa shape index (κ2) is 7.75. The molecule has 1 amide bonds. The minimum Gasteiger partial charge on any atom is -0.480 e. The topological polar surface area (TPSA) is 130 Å². The highest BCUT2D eigenvalue weighted by atomic mass is 16.5. The summed E-state index contributed by atoms with van der Waals surface area (Å²) in [6, 6.07) is 3.20. The summed E-state index contributed by atoms with van der Waals surface area (Å²) < 4.78 is 6.38.